The molecule has 0 aliphatic carbocycles. The zero-order chi connectivity index (χ0) is 11.5. The first-order chi connectivity index (χ1) is 7.68. The summed E-state index contributed by atoms with van der Waals surface area (Å²) in [7, 11) is 0. The normalized spacial score (nSPS) is 17.4. The van der Waals surface area contributed by atoms with Crippen molar-refractivity contribution in [1.82, 2.24) is 10.2 Å². The van der Waals surface area contributed by atoms with E-state index in [4.69, 9.17) is 5.11 Å². The van der Waals surface area contributed by atoms with Gasteiger partial charge in [0.15, 0.2) is 5.82 Å². The van der Waals surface area contributed by atoms with E-state index in [2.05, 4.69) is 17.1 Å². The van der Waals surface area contributed by atoms with Crippen LogP contribution in [0.4, 0.5) is 5.82 Å². The number of nitrogens with zero attached hydrogens (tertiary/aromatic N) is 3. The van der Waals surface area contributed by atoms with E-state index in [-0.39, 0.29) is 5.56 Å². The van der Waals surface area contributed by atoms with Crippen molar-refractivity contribution in [3.63, 3.8) is 0 Å². The molecule has 1 aromatic heterocycles. The van der Waals surface area contributed by atoms with E-state index in [1.807, 2.05) is 4.90 Å². The van der Waals surface area contributed by atoms with Crippen molar-refractivity contribution in [3.8, 4) is 0 Å². The van der Waals surface area contributed by atoms with Gasteiger partial charge in [-0.3, -0.25) is 0 Å². The van der Waals surface area contributed by atoms with Crippen LogP contribution in [0.2, 0.25) is 0 Å². The van der Waals surface area contributed by atoms with Gasteiger partial charge in [0, 0.05) is 13.1 Å². The summed E-state index contributed by atoms with van der Waals surface area (Å²) in [5.41, 5.74) is 0.240. The van der Waals surface area contributed by atoms with Crippen molar-refractivity contribution >= 4 is 11.8 Å². The quantitative estimate of drug-likeness (QED) is 0.817. The number of anilines is 1. The lowest BCUT2D eigenvalue weighted by atomic mass is 9.99. The summed E-state index contributed by atoms with van der Waals surface area (Å²) in [6, 6.07) is 1.50. The molecule has 1 fully saturated rings. The first kappa shape index (κ1) is 10.9. The number of carboxylic acids is 1. The molecular formula is C11H15N3O2. The summed E-state index contributed by atoms with van der Waals surface area (Å²) in [6.07, 6.45) is 3.57. The smallest absolute Gasteiger partial charge is 0.339 e. The molecule has 2 rings (SSSR count). The van der Waals surface area contributed by atoms with E-state index >= 15 is 0 Å². The molecule has 0 spiro atoms. The molecule has 1 aliphatic rings. The lowest BCUT2D eigenvalue weighted by Gasteiger charge is -2.31. The molecule has 0 amide bonds. The zero-order valence-corrected chi connectivity index (χ0v) is 9.26. The van der Waals surface area contributed by atoms with Crippen LogP contribution in [0.25, 0.3) is 0 Å². The number of aromatic nitrogens is 2. The topological polar surface area (TPSA) is 66.3 Å². The van der Waals surface area contributed by atoms with Crippen molar-refractivity contribution < 1.29 is 9.90 Å². The summed E-state index contributed by atoms with van der Waals surface area (Å²) >= 11 is 0. The maximum absolute atomic E-state index is 11.0. The van der Waals surface area contributed by atoms with Gasteiger partial charge in [0.2, 0.25) is 0 Å². The fraction of sp³-hybridized carbons (Fsp3) is 0.545. The van der Waals surface area contributed by atoms with Gasteiger partial charge >= 0.3 is 5.97 Å². The number of aromatic carboxylic acids is 1. The third-order valence-electron chi connectivity index (χ3n) is 3.01. The average Bonchev–Trinajstić information content (AvgIpc) is 2.30. The Labute approximate surface area is 94.1 Å². The average molecular weight is 221 g/mol. The molecule has 0 unspecified atom stereocenters. The summed E-state index contributed by atoms with van der Waals surface area (Å²) in [5.74, 6) is 0.270. The molecule has 86 valence electrons. The minimum atomic E-state index is -0.941. The lowest BCUT2D eigenvalue weighted by Crippen LogP contribution is -2.34. The van der Waals surface area contributed by atoms with E-state index in [1.54, 1.807) is 0 Å². The summed E-state index contributed by atoms with van der Waals surface area (Å²) in [5, 5.41) is 16.8. The van der Waals surface area contributed by atoms with Crippen molar-refractivity contribution in [2.24, 2.45) is 5.92 Å². The number of hydrogen-bond donors (Lipinski definition) is 1. The first-order valence-corrected chi connectivity index (χ1v) is 5.48. The molecule has 0 aromatic carbocycles. The van der Waals surface area contributed by atoms with E-state index in [0.29, 0.717) is 11.7 Å². The lowest BCUT2D eigenvalue weighted by molar-refractivity contribution is 0.0697. The molecule has 1 N–H and O–H groups in total. The predicted octanol–water partition coefficient (Wildman–Crippen LogP) is 1.41. The Morgan fingerprint density at radius 2 is 2.19 bits per heavy atom. The Morgan fingerprint density at radius 1 is 1.50 bits per heavy atom. The van der Waals surface area contributed by atoms with E-state index in [1.165, 1.54) is 12.3 Å². The molecule has 16 heavy (non-hydrogen) atoms. The minimum absolute atomic E-state index is 0.240. The van der Waals surface area contributed by atoms with Crippen LogP contribution in [0.3, 0.4) is 0 Å². The predicted molar refractivity (Wildman–Crippen MR) is 59.6 cm³/mol. The van der Waals surface area contributed by atoms with Crippen LogP contribution >= 0.6 is 0 Å². The highest BCUT2D eigenvalue weighted by molar-refractivity contribution is 5.93. The van der Waals surface area contributed by atoms with Gasteiger partial charge in [-0.1, -0.05) is 6.92 Å². The largest absolute Gasteiger partial charge is 0.478 e. The van der Waals surface area contributed by atoms with E-state index in [0.717, 1.165) is 25.9 Å². The molecule has 0 saturated carbocycles. The van der Waals surface area contributed by atoms with Crippen LogP contribution in [0, 0.1) is 5.92 Å². The van der Waals surface area contributed by atoms with Gasteiger partial charge in [0.25, 0.3) is 0 Å². The van der Waals surface area contributed by atoms with Crippen molar-refractivity contribution in [2.45, 2.75) is 19.8 Å². The SMILES string of the molecule is CC1CCN(c2nnccc2C(=O)O)CC1. The molecule has 0 bridgehead atoms. The number of rotatable bonds is 2. The van der Waals surface area contributed by atoms with Crippen LogP contribution in [0.5, 0.6) is 0 Å². The van der Waals surface area contributed by atoms with Crippen LogP contribution < -0.4 is 4.90 Å². The van der Waals surface area contributed by atoms with Crippen molar-refractivity contribution in [1.29, 1.82) is 0 Å². The molecular weight excluding hydrogens is 206 g/mol. The first-order valence-electron chi connectivity index (χ1n) is 5.48. The maximum atomic E-state index is 11.0. The minimum Gasteiger partial charge on any atom is -0.478 e. The van der Waals surface area contributed by atoms with Crippen LogP contribution in [0.1, 0.15) is 30.1 Å². The van der Waals surface area contributed by atoms with Gasteiger partial charge < -0.3 is 10.0 Å². The van der Waals surface area contributed by atoms with Crippen LogP contribution in [0.15, 0.2) is 12.3 Å². The number of carboxylic acid groups (broad SMARTS) is 1. The number of carbonyl (C=O) groups is 1. The monoisotopic (exact) mass is 221 g/mol. The van der Waals surface area contributed by atoms with Gasteiger partial charge in [-0.2, -0.15) is 5.10 Å². The second-order valence-electron chi connectivity index (χ2n) is 4.24. The van der Waals surface area contributed by atoms with Gasteiger partial charge in [-0.25, -0.2) is 4.79 Å². The van der Waals surface area contributed by atoms with E-state index in [9.17, 15) is 4.79 Å². The number of hydrogen-bond acceptors (Lipinski definition) is 4. The van der Waals surface area contributed by atoms with Crippen molar-refractivity contribution in [3.05, 3.63) is 17.8 Å². The Balaban J connectivity index is 2.23. The second-order valence-corrected chi connectivity index (χ2v) is 4.24. The highest BCUT2D eigenvalue weighted by Crippen LogP contribution is 2.23. The summed E-state index contributed by atoms with van der Waals surface area (Å²) < 4.78 is 0. The highest BCUT2D eigenvalue weighted by Gasteiger charge is 2.21. The Morgan fingerprint density at radius 3 is 2.81 bits per heavy atom. The fourth-order valence-electron chi connectivity index (χ4n) is 1.95. The molecule has 2 heterocycles. The molecule has 1 aromatic rings. The Hall–Kier alpha value is -1.65. The second kappa shape index (κ2) is 4.47. The standard InChI is InChI=1S/C11H15N3O2/c1-8-3-6-14(7-4-8)10-9(11(15)16)2-5-12-13-10/h2,5,8H,3-4,6-7H2,1H3,(H,15,16). The van der Waals surface area contributed by atoms with Crippen molar-refractivity contribution in [2.75, 3.05) is 18.0 Å². The maximum Gasteiger partial charge on any atom is 0.339 e. The molecule has 0 atom stereocenters. The van der Waals surface area contributed by atoms with Gasteiger partial charge in [-0.15, -0.1) is 5.10 Å². The highest BCUT2D eigenvalue weighted by atomic mass is 16.4. The number of piperidine rings is 1. The summed E-state index contributed by atoms with van der Waals surface area (Å²) in [6.45, 7) is 3.94. The van der Waals surface area contributed by atoms with Gasteiger partial charge in [0.1, 0.15) is 5.56 Å². The molecule has 0 radical (unpaired) electrons. The molecule has 1 saturated heterocycles. The fourth-order valence-corrected chi connectivity index (χ4v) is 1.95. The third-order valence-corrected chi connectivity index (χ3v) is 3.01. The molecule has 1 aliphatic heterocycles. The van der Waals surface area contributed by atoms with Gasteiger partial charge in [-0.05, 0) is 24.8 Å². The molecule has 5 nitrogen and oxygen atoms in total. The van der Waals surface area contributed by atoms with Crippen LogP contribution in [-0.2, 0) is 0 Å². The summed E-state index contributed by atoms with van der Waals surface area (Å²) in [4.78, 5) is 13.0. The van der Waals surface area contributed by atoms with E-state index < -0.39 is 5.97 Å². The van der Waals surface area contributed by atoms with Crippen LogP contribution in [-0.4, -0.2) is 34.4 Å². The Bertz CT molecular complexity index is 387. The van der Waals surface area contributed by atoms with Gasteiger partial charge in [0.05, 0.1) is 6.20 Å². The molecule has 5 heteroatoms. The Kier molecular flexibility index (Phi) is 3.03. The third kappa shape index (κ3) is 2.13. The zero-order valence-electron chi connectivity index (χ0n) is 9.26.